The molecule has 0 bridgehead atoms. The van der Waals surface area contributed by atoms with Crippen molar-refractivity contribution in [2.24, 2.45) is 0 Å². The predicted molar refractivity (Wildman–Crippen MR) is 69.3 cm³/mol. The molecular weight excluding hydrogens is 323 g/mol. The summed E-state index contributed by atoms with van der Waals surface area (Å²) in [5.41, 5.74) is 0. The first-order valence-electron chi connectivity index (χ1n) is 5.11. The first-order chi connectivity index (χ1) is 8.60. The maximum absolute atomic E-state index is 11.7. The van der Waals surface area contributed by atoms with Gasteiger partial charge >= 0.3 is 117 Å². The van der Waals surface area contributed by atoms with Crippen LogP contribution in [0.3, 0.4) is 0 Å². The van der Waals surface area contributed by atoms with Gasteiger partial charge in [0, 0.05) is 0 Å². The molecule has 0 amide bonds. The Bertz CT molecular complexity index is 410. The van der Waals surface area contributed by atoms with Crippen molar-refractivity contribution >= 4 is 43.0 Å². The van der Waals surface area contributed by atoms with E-state index < -0.39 is 22.1 Å². The number of benzene rings is 1. The van der Waals surface area contributed by atoms with Gasteiger partial charge in [-0.3, -0.25) is 0 Å². The van der Waals surface area contributed by atoms with E-state index in [9.17, 15) is 9.59 Å². The second kappa shape index (κ2) is 7.41. The molecule has 0 aliphatic heterocycles. The van der Waals surface area contributed by atoms with Gasteiger partial charge in [0.25, 0.3) is 0 Å². The molecule has 0 aliphatic rings. The second-order valence-corrected chi connectivity index (χ2v) is 6.32. The van der Waals surface area contributed by atoms with Gasteiger partial charge in [-0.1, -0.05) is 0 Å². The van der Waals surface area contributed by atoms with Crippen LogP contribution in [0.25, 0.3) is 0 Å². The van der Waals surface area contributed by atoms with Crippen LogP contribution >= 0.6 is 11.6 Å². The molecule has 98 valence electrons. The Balaban J connectivity index is 2.86. The van der Waals surface area contributed by atoms with E-state index in [4.69, 9.17) is 11.6 Å². The molecule has 1 aromatic rings. The van der Waals surface area contributed by atoms with Gasteiger partial charge in [-0.15, -0.1) is 0 Å². The van der Waals surface area contributed by atoms with Crippen LogP contribution < -0.4 is 4.46 Å². The molecule has 1 aromatic carbocycles. The van der Waals surface area contributed by atoms with E-state index in [1.807, 2.05) is 30.3 Å². The van der Waals surface area contributed by atoms with Crippen LogP contribution in [-0.2, 0) is 19.1 Å². The molecule has 6 heteroatoms. The zero-order valence-corrected chi connectivity index (χ0v) is 12.4. The minimum atomic E-state index is -1.03. The zero-order chi connectivity index (χ0) is 13.5. The average Bonchev–Trinajstić information content (AvgIpc) is 2.43. The Kier molecular flexibility index (Phi) is 6.19. The van der Waals surface area contributed by atoms with Gasteiger partial charge in [-0.25, -0.2) is 0 Å². The van der Waals surface area contributed by atoms with Crippen molar-refractivity contribution in [3.05, 3.63) is 30.3 Å². The summed E-state index contributed by atoms with van der Waals surface area (Å²) in [6, 6.07) is 9.39. The van der Waals surface area contributed by atoms with E-state index in [2.05, 4.69) is 9.47 Å². The van der Waals surface area contributed by atoms with Crippen LogP contribution in [0.2, 0.25) is 4.82 Å². The zero-order valence-electron chi connectivity index (χ0n) is 9.96. The number of carbonyl (C=O) groups excluding carboxylic acids is 2. The number of rotatable bonds is 5. The Hall–Kier alpha value is -1.03. The van der Waals surface area contributed by atoms with Crippen molar-refractivity contribution in [3.63, 3.8) is 0 Å². The Labute approximate surface area is 117 Å². The quantitative estimate of drug-likeness (QED) is 0.453. The summed E-state index contributed by atoms with van der Waals surface area (Å²) in [5, 5.41) is -1.03. The Morgan fingerprint density at radius 2 is 1.67 bits per heavy atom. The van der Waals surface area contributed by atoms with Crippen LogP contribution in [0.5, 0.6) is 0 Å². The van der Waals surface area contributed by atoms with Gasteiger partial charge in [0.2, 0.25) is 0 Å². The van der Waals surface area contributed by atoms with Crippen molar-refractivity contribution in [2.75, 3.05) is 14.2 Å². The SMILES string of the molecule is COC(=O)[C@H](Cl)[C@@H]([Se]c1ccccc1)C(=O)OC. The van der Waals surface area contributed by atoms with E-state index in [0.29, 0.717) is 0 Å². The Morgan fingerprint density at radius 1 is 1.11 bits per heavy atom. The number of carbonyl (C=O) groups is 2. The summed E-state index contributed by atoms with van der Waals surface area (Å²) in [7, 11) is 2.51. The minimum absolute atomic E-state index is 0.297. The van der Waals surface area contributed by atoms with Crippen LogP contribution in [0.15, 0.2) is 30.3 Å². The van der Waals surface area contributed by atoms with Crippen LogP contribution in [-0.4, -0.2) is 46.5 Å². The van der Waals surface area contributed by atoms with Crippen molar-refractivity contribution in [1.82, 2.24) is 0 Å². The molecule has 18 heavy (non-hydrogen) atoms. The van der Waals surface area contributed by atoms with E-state index in [1.165, 1.54) is 14.2 Å². The van der Waals surface area contributed by atoms with E-state index in [0.717, 1.165) is 4.46 Å². The Morgan fingerprint density at radius 3 is 2.17 bits per heavy atom. The first-order valence-corrected chi connectivity index (χ1v) is 7.39. The fourth-order valence-electron chi connectivity index (χ4n) is 1.23. The molecular formula is C12H13ClO4Se. The van der Waals surface area contributed by atoms with Crippen molar-refractivity contribution < 1.29 is 19.1 Å². The van der Waals surface area contributed by atoms with E-state index in [-0.39, 0.29) is 15.0 Å². The van der Waals surface area contributed by atoms with Gasteiger partial charge in [-0.05, 0) is 0 Å². The summed E-state index contributed by atoms with van der Waals surface area (Å²) in [4.78, 5) is 22.4. The molecule has 0 aromatic heterocycles. The second-order valence-electron chi connectivity index (χ2n) is 3.30. The van der Waals surface area contributed by atoms with E-state index in [1.54, 1.807) is 0 Å². The fourth-order valence-corrected chi connectivity index (χ4v) is 3.85. The third kappa shape index (κ3) is 4.02. The molecule has 0 aliphatic carbocycles. The maximum atomic E-state index is 11.7. The molecule has 0 N–H and O–H groups in total. The topological polar surface area (TPSA) is 52.6 Å². The summed E-state index contributed by atoms with van der Waals surface area (Å²) in [5.74, 6) is -1.12. The van der Waals surface area contributed by atoms with Gasteiger partial charge in [0.15, 0.2) is 0 Å². The number of methoxy groups -OCH3 is 2. The molecule has 4 nitrogen and oxygen atoms in total. The average molecular weight is 336 g/mol. The number of ether oxygens (including phenoxy) is 2. The fraction of sp³-hybridized carbons (Fsp3) is 0.333. The number of hydrogen-bond acceptors (Lipinski definition) is 4. The third-order valence-electron chi connectivity index (χ3n) is 2.13. The van der Waals surface area contributed by atoms with Crippen LogP contribution in [0.4, 0.5) is 0 Å². The monoisotopic (exact) mass is 336 g/mol. The van der Waals surface area contributed by atoms with Crippen molar-refractivity contribution in [2.45, 2.75) is 10.2 Å². The van der Waals surface area contributed by atoms with Gasteiger partial charge in [0.1, 0.15) is 0 Å². The molecule has 0 fully saturated rings. The molecule has 0 unspecified atom stereocenters. The van der Waals surface area contributed by atoms with E-state index >= 15 is 0 Å². The molecule has 2 atom stereocenters. The van der Waals surface area contributed by atoms with Gasteiger partial charge in [0.05, 0.1) is 0 Å². The van der Waals surface area contributed by atoms with Crippen molar-refractivity contribution in [1.29, 1.82) is 0 Å². The molecule has 0 spiro atoms. The molecule has 0 saturated heterocycles. The number of halogens is 1. The summed E-state index contributed by atoms with van der Waals surface area (Å²) >= 11 is 5.66. The number of esters is 2. The van der Waals surface area contributed by atoms with Gasteiger partial charge < -0.3 is 0 Å². The summed E-state index contributed by atoms with van der Waals surface area (Å²) in [6.45, 7) is 0. The summed E-state index contributed by atoms with van der Waals surface area (Å²) < 4.78 is 10.2. The first kappa shape index (κ1) is 15.0. The predicted octanol–water partition coefficient (Wildman–Crippen LogP) is 0.758. The molecule has 0 saturated carbocycles. The van der Waals surface area contributed by atoms with Crippen LogP contribution in [0.1, 0.15) is 0 Å². The van der Waals surface area contributed by atoms with Crippen molar-refractivity contribution in [3.8, 4) is 0 Å². The molecule has 0 heterocycles. The van der Waals surface area contributed by atoms with Gasteiger partial charge in [-0.2, -0.15) is 0 Å². The van der Waals surface area contributed by atoms with Crippen LogP contribution in [0, 0.1) is 0 Å². The standard InChI is InChI=1S/C12H13ClO4Se/c1-16-11(14)9(13)10(12(15)17-2)18-8-6-4-3-5-7-8/h3-7,9-10H,1-2H3/t9-,10-/m1/s1. The third-order valence-corrected chi connectivity index (χ3v) is 5.55. The number of hydrogen-bond donors (Lipinski definition) is 0. The number of alkyl halides is 1. The summed E-state index contributed by atoms with van der Waals surface area (Å²) in [6.07, 6.45) is 0. The molecule has 0 radical (unpaired) electrons. The normalized spacial score (nSPS) is 13.5. The molecule has 1 rings (SSSR count).